The fourth-order valence-corrected chi connectivity index (χ4v) is 5.79. The predicted octanol–water partition coefficient (Wildman–Crippen LogP) is 3.39. The minimum atomic E-state index is -3.84. The van der Waals surface area contributed by atoms with Gasteiger partial charge in [-0.05, 0) is 23.9 Å². The molecule has 3 aromatic rings. The number of nitrogens with zero attached hydrogens (tertiary/aromatic N) is 3. The number of nitro groups is 1. The second kappa shape index (κ2) is 9.88. The lowest BCUT2D eigenvalue weighted by atomic mass is 10.1. The first-order chi connectivity index (χ1) is 16.3. The van der Waals surface area contributed by atoms with Gasteiger partial charge >= 0.3 is 0 Å². The Morgan fingerprint density at radius 2 is 1.74 bits per heavy atom. The SMILES string of the molecule is Cc1ccc([N+](=O)[O-])cc1S(=O)(=O)N1CCN(CCC(=O)Nc2cccc3ccccc23)CC1. The number of piperazine rings is 1. The Bertz CT molecular complexity index is 1330. The van der Waals surface area contributed by atoms with Crippen LogP contribution in [-0.2, 0) is 14.8 Å². The number of benzene rings is 3. The summed E-state index contributed by atoms with van der Waals surface area (Å²) >= 11 is 0. The summed E-state index contributed by atoms with van der Waals surface area (Å²) in [6.07, 6.45) is 0.292. The number of sulfonamides is 1. The number of carbonyl (C=O) groups excluding carboxylic acids is 1. The summed E-state index contributed by atoms with van der Waals surface area (Å²) in [7, 11) is -3.84. The largest absolute Gasteiger partial charge is 0.325 e. The van der Waals surface area contributed by atoms with Crippen LogP contribution in [0.25, 0.3) is 10.8 Å². The van der Waals surface area contributed by atoms with Crippen LogP contribution in [0, 0.1) is 17.0 Å². The van der Waals surface area contributed by atoms with Crippen molar-refractivity contribution in [2.75, 3.05) is 38.0 Å². The Morgan fingerprint density at radius 3 is 2.47 bits per heavy atom. The lowest BCUT2D eigenvalue weighted by Gasteiger charge is -2.34. The van der Waals surface area contributed by atoms with Crippen LogP contribution in [0.1, 0.15) is 12.0 Å². The van der Waals surface area contributed by atoms with Gasteiger partial charge < -0.3 is 10.2 Å². The quantitative estimate of drug-likeness (QED) is 0.408. The molecule has 9 nitrogen and oxygen atoms in total. The van der Waals surface area contributed by atoms with Gasteiger partial charge in [-0.2, -0.15) is 4.31 Å². The topological polar surface area (TPSA) is 113 Å². The van der Waals surface area contributed by atoms with Crippen LogP contribution in [-0.4, -0.2) is 61.2 Å². The van der Waals surface area contributed by atoms with Gasteiger partial charge in [0.1, 0.15) is 0 Å². The van der Waals surface area contributed by atoms with Crippen LogP contribution in [0.15, 0.2) is 65.6 Å². The first kappa shape index (κ1) is 23.8. The van der Waals surface area contributed by atoms with E-state index in [9.17, 15) is 23.3 Å². The Hall–Kier alpha value is -3.34. The fraction of sp³-hybridized carbons (Fsp3) is 0.292. The third-order valence-electron chi connectivity index (χ3n) is 6.05. The molecule has 0 radical (unpaired) electrons. The van der Waals surface area contributed by atoms with Gasteiger partial charge in [-0.3, -0.25) is 14.9 Å². The van der Waals surface area contributed by atoms with Gasteiger partial charge in [-0.25, -0.2) is 8.42 Å². The average molecular weight is 483 g/mol. The van der Waals surface area contributed by atoms with E-state index in [1.807, 2.05) is 42.5 Å². The molecule has 1 amide bonds. The lowest BCUT2D eigenvalue weighted by molar-refractivity contribution is -0.385. The molecule has 3 aromatic carbocycles. The molecular weight excluding hydrogens is 456 g/mol. The molecule has 4 rings (SSSR count). The van der Waals surface area contributed by atoms with Crippen molar-refractivity contribution in [3.05, 3.63) is 76.3 Å². The van der Waals surface area contributed by atoms with E-state index in [1.165, 1.54) is 16.4 Å². The van der Waals surface area contributed by atoms with Gasteiger partial charge in [0.25, 0.3) is 5.69 Å². The maximum absolute atomic E-state index is 13.1. The number of amides is 1. The van der Waals surface area contributed by atoms with Crippen molar-refractivity contribution in [3.63, 3.8) is 0 Å². The molecule has 0 aliphatic carbocycles. The summed E-state index contributed by atoms with van der Waals surface area (Å²) in [4.78, 5) is 25.0. The molecule has 34 heavy (non-hydrogen) atoms. The van der Waals surface area contributed by atoms with Crippen LogP contribution in [0.3, 0.4) is 0 Å². The zero-order valence-electron chi connectivity index (χ0n) is 18.8. The molecule has 1 N–H and O–H groups in total. The maximum atomic E-state index is 13.1. The molecule has 1 heterocycles. The minimum Gasteiger partial charge on any atom is -0.325 e. The molecule has 1 saturated heterocycles. The molecule has 0 unspecified atom stereocenters. The third kappa shape index (κ3) is 5.09. The predicted molar refractivity (Wildman–Crippen MR) is 130 cm³/mol. The Balaban J connectivity index is 1.33. The van der Waals surface area contributed by atoms with Crippen molar-refractivity contribution < 1.29 is 18.1 Å². The number of carbonyl (C=O) groups is 1. The number of anilines is 1. The summed E-state index contributed by atoms with van der Waals surface area (Å²) in [5, 5.41) is 16.1. The zero-order chi connectivity index (χ0) is 24.3. The molecule has 0 saturated carbocycles. The molecule has 0 spiro atoms. The van der Waals surface area contributed by atoms with E-state index >= 15 is 0 Å². The van der Waals surface area contributed by atoms with Gasteiger partial charge in [0.15, 0.2) is 0 Å². The number of nitro benzene ring substituents is 1. The second-order valence-corrected chi connectivity index (χ2v) is 10.2. The third-order valence-corrected chi connectivity index (χ3v) is 8.09. The molecule has 0 bridgehead atoms. The molecular formula is C24H26N4O5S. The van der Waals surface area contributed by atoms with E-state index in [0.29, 0.717) is 31.6 Å². The van der Waals surface area contributed by atoms with Crippen molar-refractivity contribution in [3.8, 4) is 0 Å². The molecule has 0 aromatic heterocycles. The molecule has 1 aliphatic rings. The van der Waals surface area contributed by atoms with Gasteiger partial charge in [0.05, 0.1) is 9.82 Å². The van der Waals surface area contributed by atoms with E-state index in [-0.39, 0.29) is 29.6 Å². The fourth-order valence-electron chi connectivity index (χ4n) is 4.12. The maximum Gasteiger partial charge on any atom is 0.270 e. The first-order valence-corrected chi connectivity index (χ1v) is 12.4. The highest BCUT2D eigenvalue weighted by molar-refractivity contribution is 7.89. The van der Waals surface area contributed by atoms with Crippen molar-refractivity contribution in [1.82, 2.24) is 9.21 Å². The van der Waals surface area contributed by atoms with E-state index in [0.717, 1.165) is 22.5 Å². The second-order valence-electron chi connectivity index (χ2n) is 8.28. The average Bonchev–Trinajstić information content (AvgIpc) is 2.83. The molecule has 0 atom stereocenters. The van der Waals surface area contributed by atoms with Gasteiger partial charge in [-0.1, -0.05) is 42.5 Å². The van der Waals surface area contributed by atoms with E-state index < -0.39 is 14.9 Å². The summed E-state index contributed by atoms with van der Waals surface area (Å²) in [6, 6.07) is 17.5. The Kier molecular flexibility index (Phi) is 6.92. The number of aryl methyl sites for hydroxylation is 1. The van der Waals surface area contributed by atoms with Crippen molar-refractivity contribution in [1.29, 1.82) is 0 Å². The standard InChI is InChI=1S/C24H26N4O5S/c1-18-9-10-20(28(30)31)17-23(18)34(32,33)27-15-13-26(14-16-27)12-11-24(29)25-22-8-4-6-19-5-2-3-7-21(19)22/h2-10,17H,11-16H2,1H3,(H,25,29). The molecule has 178 valence electrons. The smallest absolute Gasteiger partial charge is 0.270 e. The number of fused-ring (bicyclic) bond motifs is 1. The number of hydrogen-bond acceptors (Lipinski definition) is 6. The summed E-state index contributed by atoms with van der Waals surface area (Å²) < 4.78 is 27.5. The van der Waals surface area contributed by atoms with Crippen molar-refractivity contribution in [2.24, 2.45) is 0 Å². The highest BCUT2D eigenvalue weighted by Gasteiger charge is 2.30. The van der Waals surface area contributed by atoms with Crippen LogP contribution in [0.5, 0.6) is 0 Å². The van der Waals surface area contributed by atoms with Crippen molar-refractivity contribution >= 4 is 38.1 Å². The monoisotopic (exact) mass is 482 g/mol. The summed E-state index contributed by atoms with van der Waals surface area (Å²) in [5.41, 5.74) is 0.990. The van der Waals surface area contributed by atoms with Crippen LogP contribution >= 0.6 is 0 Å². The summed E-state index contributed by atoms with van der Waals surface area (Å²) in [5.74, 6) is -0.0985. The molecule has 1 fully saturated rings. The number of non-ortho nitro benzene ring substituents is 1. The van der Waals surface area contributed by atoms with E-state index in [1.54, 1.807) is 6.92 Å². The number of rotatable bonds is 7. The van der Waals surface area contributed by atoms with E-state index in [2.05, 4.69) is 10.2 Å². The first-order valence-electron chi connectivity index (χ1n) is 11.0. The van der Waals surface area contributed by atoms with Gasteiger partial charge in [0.2, 0.25) is 15.9 Å². The lowest BCUT2D eigenvalue weighted by Crippen LogP contribution is -2.49. The van der Waals surface area contributed by atoms with Crippen LogP contribution < -0.4 is 5.32 Å². The normalized spacial score (nSPS) is 15.3. The summed E-state index contributed by atoms with van der Waals surface area (Å²) in [6.45, 7) is 3.62. The highest BCUT2D eigenvalue weighted by Crippen LogP contribution is 2.26. The van der Waals surface area contributed by atoms with E-state index in [4.69, 9.17) is 0 Å². The zero-order valence-corrected chi connectivity index (χ0v) is 19.6. The van der Waals surface area contributed by atoms with Gasteiger partial charge in [-0.15, -0.1) is 0 Å². The van der Waals surface area contributed by atoms with Crippen LogP contribution in [0.4, 0.5) is 11.4 Å². The van der Waals surface area contributed by atoms with Crippen LogP contribution in [0.2, 0.25) is 0 Å². The molecule has 10 heteroatoms. The number of hydrogen-bond donors (Lipinski definition) is 1. The highest BCUT2D eigenvalue weighted by atomic mass is 32.2. The minimum absolute atomic E-state index is 0.0374. The van der Waals surface area contributed by atoms with Crippen molar-refractivity contribution in [2.45, 2.75) is 18.2 Å². The Morgan fingerprint density at radius 1 is 1.03 bits per heavy atom. The molecule has 1 aliphatic heterocycles. The van der Waals surface area contributed by atoms with Gasteiger partial charge in [0, 0.05) is 62.4 Å². The Labute approximate surface area is 198 Å². The number of nitrogens with one attached hydrogen (secondary N) is 1.